The van der Waals surface area contributed by atoms with Crippen LogP contribution in [0.5, 0.6) is 17.2 Å². The molecule has 6 unspecified atom stereocenters. The number of benzene rings is 3. The minimum Gasteiger partial charge on any atom is -0.459 e. The van der Waals surface area contributed by atoms with E-state index in [0.717, 1.165) is 29.5 Å². The molecule has 0 aromatic heterocycles. The third-order valence-corrected chi connectivity index (χ3v) is 12.1. The molecule has 1 heterocycles. The van der Waals surface area contributed by atoms with Crippen molar-refractivity contribution in [2.24, 2.45) is 22.9 Å². The molecule has 1 aliphatic heterocycles. The van der Waals surface area contributed by atoms with Gasteiger partial charge in [0.25, 0.3) is 5.69 Å². The summed E-state index contributed by atoms with van der Waals surface area (Å²) >= 11 is 0. The summed E-state index contributed by atoms with van der Waals surface area (Å²) in [5.74, 6) is -2.19. The SMILES string of the molecule is C=CCOC12Oc3ccc(OC(=O)NCc4ccccc4)cc3C3C(CCCCO)C(CCCCO)C=C(C(=NOC(C)(C)C)CC1N(CCOCCO)C(=O)Oc1ccc([N+](=O)[O-])cc1)C32. The third-order valence-electron chi connectivity index (χ3n) is 12.1. The molecule has 67 heavy (non-hydrogen) atoms. The Kier molecular flexibility index (Phi) is 17.9. The Morgan fingerprint density at radius 1 is 0.955 bits per heavy atom. The molecule has 0 radical (unpaired) electrons. The van der Waals surface area contributed by atoms with Crippen LogP contribution in [0, 0.1) is 27.9 Å². The van der Waals surface area contributed by atoms with Crippen molar-refractivity contribution in [3.63, 3.8) is 0 Å². The second kappa shape index (κ2) is 23.7. The molecule has 0 spiro atoms. The number of nitrogens with one attached hydrogen (secondary N) is 1. The molecular formula is C50H64N4O13. The lowest BCUT2D eigenvalue weighted by atomic mass is 9.55. The number of fused-ring (bicyclic) bond motifs is 2. The van der Waals surface area contributed by atoms with Gasteiger partial charge in [0.2, 0.25) is 5.79 Å². The summed E-state index contributed by atoms with van der Waals surface area (Å²) < 4.78 is 31.9. The molecule has 3 aliphatic rings. The summed E-state index contributed by atoms with van der Waals surface area (Å²) in [6.45, 7) is 9.58. The lowest BCUT2D eigenvalue weighted by molar-refractivity contribution is -0.384. The molecule has 1 fully saturated rings. The second-order valence-electron chi connectivity index (χ2n) is 17.9. The van der Waals surface area contributed by atoms with E-state index in [0.29, 0.717) is 37.1 Å². The number of ether oxygens (including phenoxy) is 5. The number of carbonyl (C=O) groups excluding carboxylic acids is 2. The van der Waals surface area contributed by atoms with Crippen LogP contribution in [0.15, 0.2) is 102 Å². The van der Waals surface area contributed by atoms with E-state index in [4.69, 9.17) is 33.7 Å². The number of unbranched alkanes of at least 4 members (excludes halogenated alkanes) is 2. The van der Waals surface area contributed by atoms with Gasteiger partial charge in [0.05, 0.1) is 43.0 Å². The van der Waals surface area contributed by atoms with Crippen LogP contribution in [0.4, 0.5) is 15.3 Å². The van der Waals surface area contributed by atoms with Gasteiger partial charge in [0.15, 0.2) is 0 Å². The standard InChI is InChI=1S/C50H64N4O13/c1-5-27-63-50-44(53(23-28-62-29-26-57)48(59)65-37-19-17-36(18-20-37)54(60)61)32-42(52-67-49(2,3)4)40-30-35(15-9-11-24-55)39(16-10-12-25-56)45(46(40)50)41-31-38(21-22-43(41)66-50)64-47(58)51-33-34-13-7-6-8-14-34/h5-8,13-14,17-22,30-31,35,39,44-46,55-57H,1,9-12,15-16,23-29,32-33H2,2-4H3,(H,51,58). The van der Waals surface area contributed by atoms with E-state index in [-0.39, 0.29) is 88.2 Å². The number of non-ortho nitro benzene ring substituents is 1. The highest BCUT2D eigenvalue weighted by molar-refractivity contribution is 6.03. The maximum absolute atomic E-state index is 14.8. The second-order valence-corrected chi connectivity index (χ2v) is 17.9. The number of rotatable bonds is 23. The predicted octanol–water partition coefficient (Wildman–Crippen LogP) is 7.83. The number of hydrogen-bond donors (Lipinski definition) is 4. The highest BCUT2D eigenvalue weighted by Gasteiger charge is 2.65. The van der Waals surface area contributed by atoms with Crippen LogP contribution in [-0.4, -0.2) is 107 Å². The van der Waals surface area contributed by atoms with Gasteiger partial charge in [-0.15, -0.1) is 6.58 Å². The summed E-state index contributed by atoms with van der Waals surface area (Å²) in [5.41, 5.74) is 2.08. The fourth-order valence-corrected chi connectivity index (χ4v) is 9.32. The zero-order chi connectivity index (χ0) is 48.0. The normalized spacial score (nSPS) is 22.3. The number of carbonyl (C=O) groups is 2. The number of hydrogen-bond acceptors (Lipinski definition) is 14. The number of nitro groups is 1. The monoisotopic (exact) mass is 928 g/mol. The molecule has 4 N–H and O–H groups in total. The van der Waals surface area contributed by atoms with Crippen LogP contribution < -0.4 is 19.5 Å². The van der Waals surface area contributed by atoms with Crippen molar-refractivity contribution in [1.29, 1.82) is 0 Å². The minimum atomic E-state index is -1.66. The highest BCUT2D eigenvalue weighted by atomic mass is 16.7. The average Bonchev–Trinajstić information content (AvgIpc) is 3.31. The number of oxime groups is 1. The Labute approximate surface area is 391 Å². The number of amides is 2. The number of aliphatic hydroxyl groups excluding tert-OH is 3. The van der Waals surface area contributed by atoms with E-state index in [1.54, 1.807) is 18.2 Å². The lowest BCUT2D eigenvalue weighted by Crippen LogP contribution is -2.70. The Morgan fingerprint density at radius 3 is 2.34 bits per heavy atom. The summed E-state index contributed by atoms with van der Waals surface area (Å²) in [7, 11) is 0. The highest BCUT2D eigenvalue weighted by Crippen LogP contribution is 2.62. The molecule has 6 rings (SSSR count). The molecule has 0 saturated heterocycles. The summed E-state index contributed by atoms with van der Waals surface area (Å²) in [6.07, 6.45) is 6.36. The maximum atomic E-state index is 14.8. The fraction of sp³-hybridized carbons (Fsp3) is 0.500. The first-order chi connectivity index (χ1) is 32.3. The van der Waals surface area contributed by atoms with Crippen molar-refractivity contribution >= 4 is 23.6 Å². The van der Waals surface area contributed by atoms with Crippen molar-refractivity contribution < 1.29 is 58.4 Å². The van der Waals surface area contributed by atoms with Gasteiger partial charge in [-0.2, -0.15) is 0 Å². The first kappa shape index (κ1) is 50.6. The van der Waals surface area contributed by atoms with E-state index in [2.05, 4.69) is 18.0 Å². The van der Waals surface area contributed by atoms with Crippen LogP contribution >= 0.6 is 0 Å². The Hall–Kier alpha value is -5.85. The van der Waals surface area contributed by atoms with E-state index in [1.807, 2.05) is 57.2 Å². The molecule has 2 amide bonds. The van der Waals surface area contributed by atoms with E-state index in [9.17, 15) is 35.0 Å². The largest absolute Gasteiger partial charge is 0.459 e. The number of nitro benzene ring substituents is 1. The quantitative estimate of drug-likeness (QED) is 0.0309. The Bertz CT molecular complexity index is 2200. The van der Waals surface area contributed by atoms with Crippen LogP contribution in [0.3, 0.4) is 0 Å². The molecular weight excluding hydrogens is 865 g/mol. The first-order valence-corrected chi connectivity index (χ1v) is 23.0. The van der Waals surface area contributed by atoms with E-state index >= 15 is 0 Å². The van der Waals surface area contributed by atoms with Gasteiger partial charge in [-0.3, -0.25) is 15.0 Å². The molecule has 362 valence electrons. The molecule has 17 nitrogen and oxygen atoms in total. The van der Waals surface area contributed by atoms with Crippen molar-refractivity contribution in [2.75, 3.05) is 46.2 Å². The fourth-order valence-electron chi connectivity index (χ4n) is 9.32. The summed E-state index contributed by atoms with van der Waals surface area (Å²) in [5, 5.41) is 48.6. The van der Waals surface area contributed by atoms with Crippen molar-refractivity contribution in [2.45, 2.75) is 95.6 Å². The molecule has 0 bridgehead atoms. The zero-order valence-corrected chi connectivity index (χ0v) is 38.5. The molecule has 1 saturated carbocycles. The van der Waals surface area contributed by atoms with Crippen LogP contribution in [0.1, 0.15) is 82.8 Å². The number of aliphatic hydroxyl groups is 3. The van der Waals surface area contributed by atoms with Gasteiger partial charge in [-0.05, 0) is 99.8 Å². The first-order valence-electron chi connectivity index (χ1n) is 23.0. The van der Waals surface area contributed by atoms with Gasteiger partial charge in [0, 0.05) is 56.3 Å². The number of nitrogens with zero attached hydrogens (tertiary/aromatic N) is 3. The third kappa shape index (κ3) is 12.8. The maximum Gasteiger partial charge on any atom is 0.415 e. The molecule has 3 aromatic carbocycles. The minimum absolute atomic E-state index is 0.00254. The van der Waals surface area contributed by atoms with Gasteiger partial charge in [-0.1, -0.05) is 60.5 Å². The van der Waals surface area contributed by atoms with Gasteiger partial charge in [-0.25, -0.2) is 9.59 Å². The molecule has 6 atom stereocenters. The Morgan fingerprint density at radius 2 is 1.67 bits per heavy atom. The predicted molar refractivity (Wildman–Crippen MR) is 249 cm³/mol. The van der Waals surface area contributed by atoms with Crippen LogP contribution in [0.25, 0.3) is 0 Å². The molecule has 3 aromatic rings. The smallest absolute Gasteiger partial charge is 0.415 e. The number of allylic oxidation sites excluding steroid dienone is 1. The summed E-state index contributed by atoms with van der Waals surface area (Å²) in [6, 6.07) is 18.8. The van der Waals surface area contributed by atoms with Crippen LogP contribution in [-0.2, 0) is 20.9 Å². The van der Waals surface area contributed by atoms with E-state index < -0.39 is 46.4 Å². The van der Waals surface area contributed by atoms with Crippen molar-refractivity contribution in [3.05, 3.63) is 118 Å². The molecule has 2 aliphatic carbocycles. The van der Waals surface area contributed by atoms with Crippen LogP contribution in [0.2, 0.25) is 0 Å². The van der Waals surface area contributed by atoms with E-state index in [1.165, 1.54) is 29.2 Å². The summed E-state index contributed by atoms with van der Waals surface area (Å²) in [4.78, 5) is 46.6. The van der Waals surface area contributed by atoms with Crippen molar-refractivity contribution in [3.8, 4) is 17.2 Å². The van der Waals surface area contributed by atoms with Crippen molar-refractivity contribution in [1.82, 2.24) is 10.2 Å². The lowest BCUT2D eigenvalue weighted by Gasteiger charge is -2.59. The van der Waals surface area contributed by atoms with Gasteiger partial charge < -0.3 is 49.2 Å². The van der Waals surface area contributed by atoms with Gasteiger partial charge >= 0.3 is 12.2 Å². The zero-order valence-electron chi connectivity index (χ0n) is 38.5. The topological polar surface area (TPSA) is 221 Å². The Balaban J connectivity index is 1.54. The average molecular weight is 929 g/mol. The van der Waals surface area contributed by atoms with Gasteiger partial charge in [0.1, 0.15) is 28.9 Å². The molecule has 17 heteroatoms.